The predicted octanol–water partition coefficient (Wildman–Crippen LogP) is 1.18. The Balaban J connectivity index is 1.79. The summed E-state index contributed by atoms with van der Waals surface area (Å²) in [6, 6.07) is 7.73. The summed E-state index contributed by atoms with van der Waals surface area (Å²) in [4.78, 5) is 0. The van der Waals surface area contributed by atoms with Crippen molar-refractivity contribution in [3.8, 4) is 0 Å². The molecule has 0 aromatic heterocycles. The molecule has 0 bridgehead atoms. The van der Waals surface area contributed by atoms with Gasteiger partial charge < -0.3 is 15.2 Å². The van der Waals surface area contributed by atoms with Crippen LogP contribution in [0.5, 0.6) is 0 Å². The molecule has 0 spiro atoms. The van der Waals surface area contributed by atoms with E-state index in [1.807, 2.05) is 24.3 Å². The van der Waals surface area contributed by atoms with Crippen molar-refractivity contribution < 1.29 is 9.47 Å². The number of hydrogen-bond acceptors (Lipinski definition) is 3. The summed E-state index contributed by atoms with van der Waals surface area (Å²) in [7, 11) is 0. The first-order valence-corrected chi connectivity index (χ1v) is 4.38. The Morgan fingerprint density at radius 2 is 2.38 bits per heavy atom. The lowest BCUT2D eigenvalue weighted by molar-refractivity contribution is 0.104. The molecule has 2 N–H and O–H groups in total. The van der Waals surface area contributed by atoms with Crippen LogP contribution in [0.25, 0.3) is 0 Å². The van der Waals surface area contributed by atoms with E-state index in [0.717, 1.165) is 17.9 Å². The van der Waals surface area contributed by atoms with Crippen LogP contribution in [0.2, 0.25) is 0 Å². The number of epoxide rings is 1. The number of anilines is 1. The zero-order valence-electron chi connectivity index (χ0n) is 7.40. The molecule has 0 aliphatic carbocycles. The van der Waals surface area contributed by atoms with E-state index in [-0.39, 0.29) is 0 Å². The van der Waals surface area contributed by atoms with E-state index >= 15 is 0 Å². The zero-order chi connectivity index (χ0) is 9.10. The van der Waals surface area contributed by atoms with Gasteiger partial charge in [-0.1, -0.05) is 12.1 Å². The smallest absolute Gasteiger partial charge is 0.104 e. The maximum Gasteiger partial charge on any atom is 0.104 e. The van der Waals surface area contributed by atoms with Crippen molar-refractivity contribution in [1.29, 1.82) is 0 Å². The van der Waals surface area contributed by atoms with Gasteiger partial charge >= 0.3 is 0 Å². The molecule has 13 heavy (non-hydrogen) atoms. The van der Waals surface area contributed by atoms with E-state index in [4.69, 9.17) is 15.2 Å². The molecule has 1 aromatic rings. The minimum absolute atomic E-state index is 0.334. The lowest BCUT2D eigenvalue weighted by Gasteiger charge is -2.02. The number of nitrogens with two attached hydrogens (primary N) is 1. The van der Waals surface area contributed by atoms with Gasteiger partial charge in [-0.25, -0.2) is 0 Å². The van der Waals surface area contributed by atoms with E-state index in [0.29, 0.717) is 19.3 Å². The Kier molecular flexibility index (Phi) is 2.47. The van der Waals surface area contributed by atoms with E-state index in [2.05, 4.69) is 0 Å². The molecule has 3 nitrogen and oxygen atoms in total. The maximum absolute atomic E-state index is 5.62. The second-order valence-corrected chi connectivity index (χ2v) is 3.22. The zero-order valence-corrected chi connectivity index (χ0v) is 7.40. The Morgan fingerprint density at radius 3 is 3.08 bits per heavy atom. The first kappa shape index (κ1) is 8.53. The topological polar surface area (TPSA) is 47.8 Å². The molecule has 1 heterocycles. The van der Waals surface area contributed by atoms with Crippen LogP contribution in [0.1, 0.15) is 5.56 Å². The first-order valence-electron chi connectivity index (χ1n) is 4.38. The average molecular weight is 179 g/mol. The van der Waals surface area contributed by atoms with Crippen molar-refractivity contribution in [3.63, 3.8) is 0 Å². The fourth-order valence-electron chi connectivity index (χ4n) is 1.16. The van der Waals surface area contributed by atoms with Crippen LogP contribution in [0.3, 0.4) is 0 Å². The van der Waals surface area contributed by atoms with Crippen LogP contribution in [0.15, 0.2) is 24.3 Å². The van der Waals surface area contributed by atoms with Crippen LogP contribution in [-0.2, 0) is 16.1 Å². The van der Waals surface area contributed by atoms with Gasteiger partial charge in [-0.15, -0.1) is 0 Å². The fourth-order valence-corrected chi connectivity index (χ4v) is 1.16. The Hall–Kier alpha value is -1.06. The van der Waals surface area contributed by atoms with E-state index < -0.39 is 0 Å². The number of rotatable bonds is 4. The van der Waals surface area contributed by atoms with Gasteiger partial charge in [0.2, 0.25) is 0 Å². The molecular weight excluding hydrogens is 166 g/mol. The minimum Gasteiger partial charge on any atom is -0.399 e. The van der Waals surface area contributed by atoms with Crippen LogP contribution < -0.4 is 5.73 Å². The maximum atomic E-state index is 5.62. The number of ether oxygens (including phenoxy) is 2. The number of nitrogen functional groups attached to an aromatic ring is 1. The first-order chi connectivity index (χ1) is 6.34. The number of benzene rings is 1. The molecule has 1 saturated heterocycles. The summed E-state index contributed by atoms with van der Waals surface area (Å²) >= 11 is 0. The Labute approximate surface area is 77.5 Å². The molecule has 2 rings (SSSR count). The normalized spacial score (nSPS) is 20.2. The van der Waals surface area contributed by atoms with Crippen molar-refractivity contribution in [2.75, 3.05) is 18.9 Å². The highest BCUT2D eigenvalue weighted by Gasteiger charge is 2.22. The van der Waals surface area contributed by atoms with Crippen molar-refractivity contribution in [2.45, 2.75) is 12.7 Å². The molecule has 1 atom stereocenters. The van der Waals surface area contributed by atoms with Gasteiger partial charge in [0, 0.05) is 5.69 Å². The fraction of sp³-hybridized carbons (Fsp3) is 0.400. The average Bonchev–Trinajstić information content (AvgIpc) is 2.88. The highest BCUT2D eigenvalue weighted by molar-refractivity contribution is 5.40. The van der Waals surface area contributed by atoms with E-state index in [9.17, 15) is 0 Å². The largest absolute Gasteiger partial charge is 0.399 e. The molecule has 0 saturated carbocycles. The highest BCUT2D eigenvalue weighted by Crippen LogP contribution is 2.11. The molecule has 1 aromatic carbocycles. The van der Waals surface area contributed by atoms with Crippen LogP contribution >= 0.6 is 0 Å². The van der Waals surface area contributed by atoms with Crippen molar-refractivity contribution in [1.82, 2.24) is 0 Å². The van der Waals surface area contributed by atoms with Gasteiger partial charge in [0.25, 0.3) is 0 Å². The van der Waals surface area contributed by atoms with Gasteiger partial charge in [-0.05, 0) is 17.7 Å². The molecule has 0 radical (unpaired) electrons. The number of hydrogen-bond donors (Lipinski definition) is 1. The van der Waals surface area contributed by atoms with Gasteiger partial charge in [0.1, 0.15) is 6.10 Å². The van der Waals surface area contributed by atoms with Gasteiger partial charge in [-0.2, -0.15) is 0 Å². The third-order valence-corrected chi connectivity index (χ3v) is 1.93. The molecule has 3 heteroatoms. The summed E-state index contributed by atoms with van der Waals surface area (Å²) in [6.07, 6.45) is 0.334. The third kappa shape index (κ3) is 2.72. The Bertz CT molecular complexity index is 284. The summed E-state index contributed by atoms with van der Waals surface area (Å²) in [5, 5.41) is 0. The third-order valence-electron chi connectivity index (χ3n) is 1.93. The second kappa shape index (κ2) is 3.77. The van der Waals surface area contributed by atoms with Gasteiger partial charge in [0.05, 0.1) is 19.8 Å². The summed E-state index contributed by atoms with van der Waals surface area (Å²) in [6.45, 7) is 2.15. The summed E-state index contributed by atoms with van der Waals surface area (Å²) in [5.74, 6) is 0. The second-order valence-electron chi connectivity index (χ2n) is 3.22. The van der Waals surface area contributed by atoms with Crippen LogP contribution in [0, 0.1) is 0 Å². The van der Waals surface area contributed by atoms with Gasteiger partial charge in [-0.3, -0.25) is 0 Å². The quantitative estimate of drug-likeness (QED) is 0.557. The van der Waals surface area contributed by atoms with Crippen molar-refractivity contribution in [3.05, 3.63) is 29.8 Å². The predicted molar refractivity (Wildman–Crippen MR) is 50.3 cm³/mol. The van der Waals surface area contributed by atoms with E-state index in [1.165, 1.54) is 0 Å². The monoisotopic (exact) mass is 179 g/mol. The lowest BCUT2D eigenvalue weighted by Crippen LogP contribution is -2.01. The molecule has 1 fully saturated rings. The van der Waals surface area contributed by atoms with Crippen molar-refractivity contribution >= 4 is 5.69 Å². The SMILES string of the molecule is Nc1cccc(COCC2CO2)c1. The standard InChI is InChI=1S/C10H13NO2/c11-9-3-1-2-8(4-9)5-12-6-10-7-13-10/h1-4,10H,5-7,11H2. The molecule has 0 amide bonds. The summed E-state index contributed by atoms with van der Waals surface area (Å²) in [5.41, 5.74) is 7.52. The van der Waals surface area contributed by atoms with Gasteiger partial charge in [0.15, 0.2) is 0 Å². The van der Waals surface area contributed by atoms with Crippen molar-refractivity contribution in [2.24, 2.45) is 0 Å². The molecular formula is C10H13NO2. The molecule has 1 unspecified atom stereocenters. The Morgan fingerprint density at radius 1 is 1.54 bits per heavy atom. The lowest BCUT2D eigenvalue weighted by atomic mass is 10.2. The van der Waals surface area contributed by atoms with Crippen LogP contribution in [0.4, 0.5) is 5.69 Å². The summed E-state index contributed by atoms with van der Waals surface area (Å²) < 4.78 is 10.4. The molecule has 1 aliphatic rings. The molecule has 1 aliphatic heterocycles. The van der Waals surface area contributed by atoms with Crippen LogP contribution in [-0.4, -0.2) is 19.3 Å². The van der Waals surface area contributed by atoms with E-state index in [1.54, 1.807) is 0 Å². The minimum atomic E-state index is 0.334. The highest BCUT2D eigenvalue weighted by atomic mass is 16.6. The molecule has 70 valence electrons.